The molecule has 114 valence electrons. The largest absolute Gasteiger partial charge is 0.497 e. The van der Waals surface area contributed by atoms with Gasteiger partial charge in [-0.25, -0.2) is 0 Å². The molecule has 0 fully saturated rings. The third-order valence-electron chi connectivity index (χ3n) is 3.93. The topological polar surface area (TPSA) is 60.0 Å². The van der Waals surface area contributed by atoms with Gasteiger partial charge in [0.25, 0.3) is 0 Å². The summed E-state index contributed by atoms with van der Waals surface area (Å²) in [5.41, 5.74) is 3.83. The van der Waals surface area contributed by atoms with Crippen LogP contribution >= 0.6 is 0 Å². The van der Waals surface area contributed by atoms with Crippen LogP contribution in [0.25, 0.3) is 33.1 Å². The zero-order valence-corrected chi connectivity index (χ0v) is 12.8. The number of nitrogens with zero attached hydrogens (tertiary/aromatic N) is 2. The van der Waals surface area contributed by atoms with Gasteiger partial charge < -0.3 is 14.5 Å². The second-order valence-corrected chi connectivity index (χ2v) is 5.27. The van der Waals surface area contributed by atoms with E-state index < -0.39 is 0 Å². The highest BCUT2D eigenvalue weighted by atomic mass is 16.5. The minimum absolute atomic E-state index is 0.713. The predicted octanol–water partition coefficient (Wildman–Crippen LogP) is 3.80. The van der Waals surface area contributed by atoms with Crippen molar-refractivity contribution in [1.29, 1.82) is 0 Å². The summed E-state index contributed by atoms with van der Waals surface area (Å²) >= 11 is 0. The number of aromatic nitrogens is 3. The van der Waals surface area contributed by atoms with E-state index in [1.165, 1.54) is 0 Å². The Bertz CT molecular complexity index is 1010. The van der Waals surface area contributed by atoms with Gasteiger partial charge in [-0.3, -0.25) is 9.97 Å². The molecule has 0 spiro atoms. The number of hydrogen-bond donors (Lipinski definition) is 1. The Hall–Kier alpha value is -3.08. The molecule has 5 heteroatoms. The highest BCUT2D eigenvalue weighted by molar-refractivity contribution is 6.08. The average Bonchev–Trinajstić information content (AvgIpc) is 2.98. The predicted molar refractivity (Wildman–Crippen MR) is 89.9 cm³/mol. The smallest absolute Gasteiger partial charge is 0.137 e. The van der Waals surface area contributed by atoms with Crippen LogP contribution in [0.1, 0.15) is 0 Å². The first-order valence-corrected chi connectivity index (χ1v) is 7.23. The summed E-state index contributed by atoms with van der Waals surface area (Å²) in [6.07, 6.45) is 5.31. The Morgan fingerprint density at radius 3 is 2.48 bits per heavy atom. The van der Waals surface area contributed by atoms with E-state index in [9.17, 15) is 0 Å². The highest BCUT2D eigenvalue weighted by Gasteiger charge is 2.09. The van der Waals surface area contributed by atoms with Crippen molar-refractivity contribution in [1.82, 2.24) is 15.0 Å². The van der Waals surface area contributed by atoms with Crippen molar-refractivity contribution in [3.8, 4) is 22.8 Å². The van der Waals surface area contributed by atoms with Crippen LogP contribution in [0.3, 0.4) is 0 Å². The summed E-state index contributed by atoms with van der Waals surface area (Å²) in [6.45, 7) is 0. The molecule has 3 aromatic heterocycles. The normalized spacial score (nSPS) is 11.0. The van der Waals surface area contributed by atoms with Crippen molar-refractivity contribution in [3.63, 3.8) is 0 Å². The highest BCUT2D eigenvalue weighted by Crippen LogP contribution is 2.31. The molecule has 4 aromatic rings. The molecule has 0 amide bonds. The first-order valence-electron chi connectivity index (χ1n) is 7.23. The average molecular weight is 305 g/mol. The fraction of sp³-hybridized carbons (Fsp3) is 0.111. The van der Waals surface area contributed by atoms with E-state index in [0.29, 0.717) is 5.75 Å². The summed E-state index contributed by atoms with van der Waals surface area (Å²) in [7, 11) is 3.30. The number of H-pyrrole nitrogens is 1. The molecule has 0 atom stereocenters. The minimum atomic E-state index is 0.713. The Labute approximate surface area is 132 Å². The van der Waals surface area contributed by atoms with Crippen molar-refractivity contribution >= 4 is 21.8 Å². The monoisotopic (exact) mass is 305 g/mol. The van der Waals surface area contributed by atoms with Gasteiger partial charge in [-0.2, -0.15) is 0 Å². The fourth-order valence-electron chi connectivity index (χ4n) is 2.73. The van der Waals surface area contributed by atoms with Gasteiger partial charge in [0.15, 0.2) is 0 Å². The van der Waals surface area contributed by atoms with E-state index in [2.05, 4.69) is 21.0 Å². The van der Waals surface area contributed by atoms with Gasteiger partial charge in [0, 0.05) is 28.0 Å². The SMILES string of the molecule is COc1cncc(-c2cc3c(cn2)[nH]c2ccc(OC)cc23)c1. The molecule has 23 heavy (non-hydrogen) atoms. The summed E-state index contributed by atoms with van der Waals surface area (Å²) < 4.78 is 10.6. The van der Waals surface area contributed by atoms with Gasteiger partial charge in [0.2, 0.25) is 0 Å². The lowest BCUT2D eigenvalue weighted by molar-refractivity contribution is 0.413. The standard InChI is InChI=1S/C18H15N3O2/c1-22-12-3-4-16-14(6-12)15-7-17(20-10-18(15)21-16)11-5-13(23-2)9-19-8-11/h3-10,21H,1-2H3. The molecule has 5 nitrogen and oxygen atoms in total. The summed E-state index contributed by atoms with van der Waals surface area (Å²) in [6, 6.07) is 9.97. The third kappa shape index (κ3) is 2.26. The molecule has 0 unspecified atom stereocenters. The van der Waals surface area contributed by atoms with Crippen molar-refractivity contribution in [2.75, 3.05) is 14.2 Å². The van der Waals surface area contributed by atoms with Crippen molar-refractivity contribution in [3.05, 3.63) is 48.9 Å². The molecule has 1 aromatic carbocycles. The molecule has 3 heterocycles. The van der Waals surface area contributed by atoms with E-state index in [1.807, 2.05) is 30.5 Å². The zero-order chi connectivity index (χ0) is 15.8. The van der Waals surface area contributed by atoms with Gasteiger partial charge in [-0.15, -0.1) is 0 Å². The molecule has 0 aliphatic carbocycles. The zero-order valence-electron chi connectivity index (χ0n) is 12.8. The first-order chi connectivity index (χ1) is 11.3. The van der Waals surface area contributed by atoms with E-state index >= 15 is 0 Å². The Morgan fingerprint density at radius 2 is 1.65 bits per heavy atom. The van der Waals surface area contributed by atoms with Gasteiger partial charge >= 0.3 is 0 Å². The van der Waals surface area contributed by atoms with Crippen LogP contribution in [0.15, 0.2) is 48.9 Å². The number of fused-ring (bicyclic) bond motifs is 3. The third-order valence-corrected chi connectivity index (χ3v) is 3.93. The molecule has 0 bridgehead atoms. The number of benzene rings is 1. The lowest BCUT2D eigenvalue weighted by atomic mass is 10.1. The molecule has 1 N–H and O–H groups in total. The van der Waals surface area contributed by atoms with E-state index in [1.54, 1.807) is 26.6 Å². The van der Waals surface area contributed by atoms with Crippen LogP contribution in [-0.2, 0) is 0 Å². The van der Waals surface area contributed by atoms with E-state index in [4.69, 9.17) is 9.47 Å². The number of methoxy groups -OCH3 is 2. The second-order valence-electron chi connectivity index (χ2n) is 5.27. The van der Waals surface area contributed by atoms with Crippen LogP contribution in [0, 0.1) is 0 Å². The number of hydrogen-bond acceptors (Lipinski definition) is 4. The van der Waals surface area contributed by atoms with Gasteiger partial charge in [-0.1, -0.05) is 0 Å². The number of ether oxygens (including phenoxy) is 2. The second kappa shape index (κ2) is 5.28. The fourth-order valence-corrected chi connectivity index (χ4v) is 2.73. The number of pyridine rings is 2. The number of aromatic amines is 1. The van der Waals surface area contributed by atoms with E-state index in [0.717, 1.165) is 38.8 Å². The molecule has 0 radical (unpaired) electrons. The summed E-state index contributed by atoms with van der Waals surface area (Å²) in [5.74, 6) is 1.55. The Balaban J connectivity index is 1.93. The molecule has 4 rings (SSSR count). The summed E-state index contributed by atoms with van der Waals surface area (Å²) in [4.78, 5) is 12.1. The number of nitrogens with one attached hydrogen (secondary N) is 1. The van der Waals surface area contributed by atoms with Gasteiger partial charge in [-0.05, 0) is 30.3 Å². The quantitative estimate of drug-likeness (QED) is 0.625. The van der Waals surface area contributed by atoms with Crippen molar-refractivity contribution < 1.29 is 9.47 Å². The van der Waals surface area contributed by atoms with Gasteiger partial charge in [0.1, 0.15) is 11.5 Å². The maximum atomic E-state index is 5.33. The molecule has 0 saturated carbocycles. The van der Waals surface area contributed by atoms with Crippen LogP contribution in [0.5, 0.6) is 11.5 Å². The molecule has 0 aliphatic heterocycles. The van der Waals surface area contributed by atoms with Crippen LogP contribution in [0.4, 0.5) is 0 Å². The number of rotatable bonds is 3. The Morgan fingerprint density at radius 1 is 0.826 bits per heavy atom. The summed E-state index contributed by atoms with van der Waals surface area (Å²) in [5, 5.41) is 2.21. The lowest BCUT2D eigenvalue weighted by Gasteiger charge is -2.04. The lowest BCUT2D eigenvalue weighted by Crippen LogP contribution is -1.88. The van der Waals surface area contributed by atoms with Crippen molar-refractivity contribution in [2.24, 2.45) is 0 Å². The van der Waals surface area contributed by atoms with E-state index in [-0.39, 0.29) is 0 Å². The van der Waals surface area contributed by atoms with Crippen molar-refractivity contribution in [2.45, 2.75) is 0 Å². The molecule has 0 saturated heterocycles. The van der Waals surface area contributed by atoms with Crippen LogP contribution in [-0.4, -0.2) is 29.2 Å². The first kappa shape index (κ1) is 13.6. The minimum Gasteiger partial charge on any atom is -0.497 e. The van der Waals surface area contributed by atoms with Crippen LogP contribution < -0.4 is 9.47 Å². The van der Waals surface area contributed by atoms with Gasteiger partial charge in [0.05, 0.1) is 37.8 Å². The maximum absolute atomic E-state index is 5.33. The molecule has 0 aliphatic rings. The maximum Gasteiger partial charge on any atom is 0.137 e. The molecular formula is C18H15N3O2. The Kier molecular flexibility index (Phi) is 3.12. The molecular weight excluding hydrogens is 290 g/mol. The van der Waals surface area contributed by atoms with Crippen LogP contribution in [0.2, 0.25) is 0 Å².